The van der Waals surface area contributed by atoms with Crippen LogP contribution in [0.25, 0.3) is 0 Å². The van der Waals surface area contributed by atoms with E-state index in [1.165, 1.54) is 14.2 Å². The Bertz CT molecular complexity index is 635. The van der Waals surface area contributed by atoms with Crippen molar-refractivity contribution < 1.29 is 18.3 Å². The van der Waals surface area contributed by atoms with Crippen molar-refractivity contribution in [3.8, 4) is 11.5 Å². The molecule has 0 spiro atoms. The Hall–Kier alpha value is -2.18. The van der Waals surface area contributed by atoms with Crippen LogP contribution >= 0.6 is 0 Å². The van der Waals surface area contributed by atoms with Gasteiger partial charge < -0.3 is 9.47 Å². The normalized spacial score (nSPS) is 12.0. The molecule has 21 heavy (non-hydrogen) atoms. The van der Waals surface area contributed by atoms with Crippen LogP contribution in [0.1, 0.15) is 17.2 Å². The van der Waals surface area contributed by atoms with Gasteiger partial charge in [-0.15, -0.1) is 0 Å². The van der Waals surface area contributed by atoms with Crippen LogP contribution in [-0.2, 0) is 0 Å². The molecule has 0 fully saturated rings. The molecular formula is C15H16F2N2O2. The standard InChI is InChI=1S/C15H16F2N2O2/c1-20-10-4-6-14(21-2)12(8-10)15(19-18)11-7-9(16)3-5-13(11)17/h3-8,15,19H,18H2,1-2H3. The van der Waals surface area contributed by atoms with E-state index >= 15 is 0 Å². The molecule has 6 heteroatoms. The van der Waals surface area contributed by atoms with Crippen LogP contribution in [-0.4, -0.2) is 14.2 Å². The third-order valence-corrected chi connectivity index (χ3v) is 3.18. The molecule has 4 nitrogen and oxygen atoms in total. The smallest absolute Gasteiger partial charge is 0.128 e. The first kappa shape index (κ1) is 15.2. The molecule has 1 unspecified atom stereocenters. The van der Waals surface area contributed by atoms with Crippen LogP contribution in [0, 0.1) is 11.6 Å². The summed E-state index contributed by atoms with van der Waals surface area (Å²) in [5.74, 6) is 5.47. The second-order valence-electron chi connectivity index (χ2n) is 4.37. The second kappa shape index (κ2) is 6.51. The molecule has 0 aliphatic heterocycles. The summed E-state index contributed by atoms with van der Waals surface area (Å²) in [4.78, 5) is 0. The lowest BCUT2D eigenvalue weighted by molar-refractivity contribution is 0.393. The highest BCUT2D eigenvalue weighted by Gasteiger charge is 2.21. The van der Waals surface area contributed by atoms with E-state index in [9.17, 15) is 8.78 Å². The Morgan fingerprint density at radius 3 is 2.38 bits per heavy atom. The summed E-state index contributed by atoms with van der Waals surface area (Å²) < 4.78 is 37.8. The number of hydrogen-bond acceptors (Lipinski definition) is 4. The summed E-state index contributed by atoms with van der Waals surface area (Å²) in [5, 5.41) is 0. The van der Waals surface area contributed by atoms with Crippen molar-refractivity contribution in [1.82, 2.24) is 5.43 Å². The Morgan fingerprint density at radius 1 is 1.00 bits per heavy atom. The monoisotopic (exact) mass is 294 g/mol. The van der Waals surface area contributed by atoms with Crippen molar-refractivity contribution in [2.24, 2.45) is 5.84 Å². The molecule has 2 aromatic carbocycles. The van der Waals surface area contributed by atoms with Gasteiger partial charge in [-0.05, 0) is 36.4 Å². The fourth-order valence-electron chi connectivity index (χ4n) is 2.15. The summed E-state index contributed by atoms with van der Waals surface area (Å²) in [5.41, 5.74) is 3.12. The van der Waals surface area contributed by atoms with Crippen LogP contribution in [0.4, 0.5) is 8.78 Å². The number of nitrogens with two attached hydrogens (primary N) is 1. The highest BCUT2D eigenvalue weighted by atomic mass is 19.1. The summed E-state index contributed by atoms with van der Waals surface area (Å²) >= 11 is 0. The molecule has 112 valence electrons. The fraction of sp³-hybridized carbons (Fsp3) is 0.200. The van der Waals surface area contributed by atoms with Crippen molar-refractivity contribution in [3.63, 3.8) is 0 Å². The lowest BCUT2D eigenvalue weighted by Crippen LogP contribution is -2.30. The molecule has 0 saturated heterocycles. The Labute approximate surface area is 121 Å². The molecule has 0 heterocycles. The average molecular weight is 294 g/mol. The number of halogens is 2. The summed E-state index contributed by atoms with van der Waals surface area (Å²) in [6.07, 6.45) is 0. The predicted molar refractivity (Wildman–Crippen MR) is 75.1 cm³/mol. The van der Waals surface area contributed by atoms with Crippen molar-refractivity contribution in [2.45, 2.75) is 6.04 Å². The fourth-order valence-corrected chi connectivity index (χ4v) is 2.15. The van der Waals surface area contributed by atoms with Gasteiger partial charge in [0.1, 0.15) is 23.1 Å². The van der Waals surface area contributed by atoms with E-state index < -0.39 is 17.7 Å². The molecular weight excluding hydrogens is 278 g/mol. The Balaban J connectivity index is 2.57. The topological polar surface area (TPSA) is 56.5 Å². The molecule has 0 amide bonds. The largest absolute Gasteiger partial charge is 0.497 e. The van der Waals surface area contributed by atoms with E-state index in [1.54, 1.807) is 18.2 Å². The first-order valence-corrected chi connectivity index (χ1v) is 6.23. The minimum Gasteiger partial charge on any atom is -0.497 e. The van der Waals surface area contributed by atoms with E-state index in [0.29, 0.717) is 17.1 Å². The van der Waals surface area contributed by atoms with Gasteiger partial charge in [0.2, 0.25) is 0 Å². The van der Waals surface area contributed by atoms with Crippen molar-refractivity contribution in [1.29, 1.82) is 0 Å². The second-order valence-corrected chi connectivity index (χ2v) is 4.37. The van der Waals surface area contributed by atoms with Gasteiger partial charge in [-0.2, -0.15) is 0 Å². The first-order chi connectivity index (χ1) is 10.1. The number of nitrogens with one attached hydrogen (secondary N) is 1. The SMILES string of the molecule is COc1ccc(OC)c(C(NN)c2cc(F)ccc2F)c1. The van der Waals surface area contributed by atoms with Crippen LogP contribution in [0.2, 0.25) is 0 Å². The van der Waals surface area contributed by atoms with E-state index in [0.717, 1.165) is 18.2 Å². The minimum atomic E-state index is -0.772. The van der Waals surface area contributed by atoms with Gasteiger partial charge in [-0.1, -0.05) is 0 Å². The minimum absolute atomic E-state index is 0.0871. The quantitative estimate of drug-likeness (QED) is 0.657. The summed E-state index contributed by atoms with van der Waals surface area (Å²) in [6, 6.07) is 7.47. The predicted octanol–water partition coefficient (Wildman–Crippen LogP) is 2.53. The third-order valence-electron chi connectivity index (χ3n) is 3.18. The highest BCUT2D eigenvalue weighted by molar-refractivity contribution is 5.46. The maximum absolute atomic E-state index is 14.0. The maximum atomic E-state index is 14.0. The van der Waals surface area contributed by atoms with Gasteiger partial charge >= 0.3 is 0 Å². The highest BCUT2D eigenvalue weighted by Crippen LogP contribution is 2.33. The van der Waals surface area contributed by atoms with Crippen molar-refractivity contribution >= 4 is 0 Å². The van der Waals surface area contributed by atoms with Gasteiger partial charge in [-0.3, -0.25) is 5.84 Å². The van der Waals surface area contributed by atoms with Crippen molar-refractivity contribution in [3.05, 3.63) is 59.2 Å². The zero-order valence-corrected chi connectivity index (χ0v) is 11.7. The molecule has 2 rings (SSSR count). The van der Waals surface area contributed by atoms with Crippen LogP contribution in [0.3, 0.4) is 0 Å². The Morgan fingerprint density at radius 2 is 1.76 bits per heavy atom. The van der Waals surface area contributed by atoms with E-state index in [4.69, 9.17) is 15.3 Å². The lowest BCUT2D eigenvalue weighted by atomic mass is 9.97. The number of hydrazine groups is 1. The molecule has 0 aliphatic carbocycles. The molecule has 2 aromatic rings. The van der Waals surface area contributed by atoms with Gasteiger partial charge in [0.25, 0.3) is 0 Å². The zero-order chi connectivity index (χ0) is 15.4. The third kappa shape index (κ3) is 3.12. The van der Waals surface area contributed by atoms with Crippen LogP contribution < -0.4 is 20.7 Å². The van der Waals surface area contributed by atoms with Gasteiger partial charge in [-0.25, -0.2) is 14.2 Å². The molecule has 0 aromatic heterocycles. The molecule has 0 radical (unpaired) electrons. The van der Waals surface area contributed by atoms with E-state index in [2.05, 4.69) is 5.43 Å². The number of benzene rings is 2. The van der Waals surface area contributed by atoms with Gasteiger partial charge in [0.05, 0.1) is 20.3 Å². The van der Waals surface area contributed by atoms with E-state index in [1.807, 2.05) is 0 Å². The molecule has 0 aliphatic rings. The lowest BCUT2D eigenvalue weighted by Gasteiger charge is -2.20. The maximum Gasteiger partial charge on any atom is 0.128 e. The Kier molecular flexibility index (Phi) is 4.72. The number of hydrogen-bond donors (Lipinski definition) is 2. The summed E-state index contributed by atoms with van der Waals surface area (Å²) in [6.45, 7) is 0. The average Bonchev–Trinajstić information content (AvgIpc) is 2.51. The van der Waals surface area contributed by atoms with Crippen molar-refractivity contribution in [2.75, 3.05) is 14.2 Å². The molecule has 0 saturated carbocycles. The van der Waals surface area contributed by atoms with Crippen LogP contribution in [0.5, 0.6) is 11.5 Å². The zero-order valence-electron chi connectivity index (χ0n) is 11.7. The number of rotatable bonds is 5. The molecule has 1 atom stereocenters. The van der Waals surface area contributed by atoms with Crippen LogP contribution in [0.15, 0.2) is 36.4 Å². The van der Waals surface area contributed by atoms with Gasteiger partial charge in [0, 0.05) is 11.1 Å². The first-order valence-electron chi connectivity index (χ1n) is 6.23. The summed E-state index contributed by atoms with van der Waals surface area (Å²) in [7, 11) is 3.00. The number of ether oxygens (including phenoxy) is 2. The van der Waals surface area contributed by atoms with E-state index in [-0.39, 0.29) is 5.56 Å². The van der Waals surface area contributed by atoms with Gasteiger partial charge in [0.15, 0.2) is 0 Å². The number of methoxy groups -OCH3 is 2. The molecule has 0 bridgehead atoms. The molecule has 3 N–H and O–H groups in total.